The molecule has 2 rings (SSSR count). The summed E-state index contributed by atoms with van der Waals surface area (Å²) in [6.45, 7) is 6.43. The largest absolute Gasteiger partial charge is 0.338 e. The van der Waals surface area contributed by atoms with Crippen LogP contribution in [0.25, 0.3) is 0 Å². The van der Waals surface area contributed by atoms with Gasteiger partial charge in [0.15, 0.2) is 0 Å². The summed E-state index contributed by atoms with van der Waals surface area (Å²) in [7, 11) is 1.82. The summed E-state index contributed by atoms with van der Waals surface area (Å²) < 4.78 is 0. The van der Waals surface area contributed by atoms with E-state index in [1.807, 2.05) is 18.0 Å². The van der Waals surface area contributed by atoms with Gasteiger partial charge in [-0.15, -0.1) is 0 Å². The molecule has 110 valence electrons. The summed E-state index contributed by atoms with van der Waals surface area (Å²) in [6, 6.07) is 10.8. The van der Waals surface area contributed by atoms with Crippen molar-refractivity contribution in [1.82, 2.24) is 15.1 Å². The minimum absolute atomic E-state index is 0.210. The zero-order chi connectivity index (χ0) is 14.4. The molecule has 1 saturated heterocycles. The summed E-state index contributed by atoms with van der Waals surface area (Å²) in [6.07, 6.45) is 1.05. The first-order chi connectivity index (χ1) is 9.70. The van der Waals surface area contributed by atoms with Gasteiger partial charge in [0.05, 0.1) is 6.54 Å². The van der Waals surface area contributed by atoms with Crippen LogP contribution in [-0.4, -0.2) is 55.0 Å². The Morgan fingerprint density at radius 2 is 2.05 bits per heavy atom. The van der Waals surface area contributed by atoms with Crippen molar-refractivity contribution in [3.05, 3.63) is 35.9 Å². The smallest absolute Gasteiger partial charge is 0.236 e. The van der Waals surface area contributed by atoms with Crippen molar-refractivity contribution in [3.63, 3.8) is 0 Å². The number of carbonyl (C=O) groups excluding carboxylic acids is 1. The van der Waals surface area contributed by atoms with Gasteiger partial charge >= 0.3 is 0 Å². The lowest BCUT2D eigenvalue weighted by molar-refractivity contribution is -0.132. The fourth-order valence-electron chi connectivity index (χ4n) is 2.86. The van der Waals surface area contributed by atoms with Gasteiger partial charge in [-0.1, -0.05) is 30.3 Å². The number of likely N-dealkylation sites (N-methyl/N-ethyl adjacent to an activating group) is 1. The number of hydrogen-bond donors (Lipinski definition) is 1. The van der Waals surface area contributed by atoms with Crippen LogP contribution >= 0.6 is 0 Å². The molecule has 1 heterocycles. The molecule has 0 spiro atoms. The van der Waals surface area contributed by atoms with Crippen LogP contribution in [0.15, 0.2) is 30.3 Å². The number of nitrogens with one attached hydrogen (secondary N) is 1. The molecule has 0 aromatic heterocycles. The van der Waals surface area contributed by atoms with Gasteiger partial charge in [0.25, 0.3) is 0 Å². The Bertz CT molecular complexity index is 421. The first kappa shape index (κ1) is 15.0. The lowest BCUT2D eigenvalue weighted by Gasteiger charge is -2.29. The van der Waals surface area contributed by atoms with Crippen LogP contribution in [0.1, 0.15) is 18.9 Å². The predicted molar refractivity (Wildman–Crippen MR) is 81.4 cm³/mol. The molecular weight excluding hydrogens is 250 g/mol. The SMILES string of the molecule is CNCC(=O)N1CCCN(Cc2ccccc2)CC1C. The molecule has 1 fully saturated rings. The summed E-state index contributed by atoms with van der Waals surface area (Å²) in [4.78, 5) is 16.5. The van der Waals surface area contributed by atoms with E-state index in [1.54, 1.807) is 0 Å². The normalized spacial score (nSPS) is 20.7. The minimum Gasteiger partial charge on any atom is -0.338 e. The Balaban J connectivity index is 1.94. The number of hydrogen-bond acceptors (Lipinski definition) is 3. The van der Waals surface area contributed by atoms with Crippen LogP contribution in [0, 0.1) is 0 Å². The van der Waals surface area contributed by atoms with E-state index in [9.17, 15) is 4.79 Å². The van der Waals surface area contributed by atoms with Gasteiger partial charge in [0.1, 0.15) is 0 Å². The Labute approximate surface area is 121 Å². The van der Waals surface area contributed by atoms with E-state index < -0.39 is 0 Å². The molecule has 0 saturated carbocycles. The Morgan fingerprint density at radius 3 is 2.75 bits per heavy atom. The summed E-state index contributed by atoms with van der Waals surface area (Å²) in [5, 5.41) is 2.95. The second-order valence-electron chi connectivity index (χ2n) is 5.54. The van der Waals surface area contributed by atoms with Crippen LogP contribution in [0.4, 0.5) is 0 Å². The molecule has 1 aliphatic heterocycles. The van der Waals surface area contributed by atoms with E-state index in [0.717, 1.165) is 32.6 Å². The minimum atomic E-state index is 0.210. The Hall–Kier alpha value is -1.39. The first-order valence-corrected chi connectivity index (χ1v) is 7.41. The van der Waals surface area contributed by atoms with Crippen LogP contribution in [0.5, 0.6) is 0 Å². The summed E-state index contributed by atoms with van der Waals surface area (Å²) >= 11 is 0. The van der Waals surface area contributed by atoms with Crippen molar-refractivity contribution in [2.24, 2.45) is 0 Å². The number of benzene rings is 1. The molecule has 1 atom stereocenters. The lowest BCUT2D eigenvalue weighted by Crippen LogP contribution is -2.45. The second kappa shape index (κ2) is 7.41. The number of carbonyl (C=O) groups is 1. The van der Waals surface area contributed by atoms with Gasteiger partial charge in [-0.05, 0) is 26.0 Å². The van der Waals surface area contributed by atoms with Crippen molar-refractivity contribution in [2.75, 3.05) is 33.2 Å². The van der Waals surface area contributed by atoms with E-state index in [0.29, 0.717) is 6.54 Å². The zero-order valence-corrected chi connectivity index (χ0v) is 12.5. The highest BCUT2D eigenvalue weighted by molar-refractivity contribution is 5.78. The van der Waals surface area contributed by atoms with Crippen LogP contribution < -0.4 is 5.32 Å². The molecule has 0 bridgehead atoms. The van der Waals surface area contributed by atoms with Crippen molar-refractivity contribution in [3.8, 4) is 0 Å². The molecule has 1 aromatic carbocycles. The molecule has 4 nitrogen and oxygen atoms in total. The predicted octanol–water partition coefficient (Wildman–Crippen LogP) is 1.33. The number of nitrogens with zero attached hydrogens (tertiary/aromatic N) is 2. The van der Waals surface area contributed by atoms with Crippen LogP contribution in [-0.2, 0) is 11.3 Å². The first-order valence-electron chi connectivity index (χ1n) is 7.41. The third-order valence-electron chi connectivity index (χ3n) is 3.83. The molecule has 1 aromatic rings. The highest BCUT2D eigenvalue weighted by atomic mass is 16.2. The molecule has 1 unspecified atom stereocenters. The van der Waals surface area contributed by atoms with Crippen molar-refractivity contribution >= 4 is 5.91 Å². The van der Waals surface area contributed by atoms with Crippen LogP contribution in [0.2, 0.25) is 0 Å². The van der Waals surface area contributed by atoms with E-state index in [4.69, 9.17) is 0 Å². The van der Waals surface area contributed by atoms with Gasteiger partial charge in [0.2, 0.25) is 5.91 Å². The maximum atomic E-state index is 12.1. The van der Waals surface area contributed by atoms with Gasteiger partial charge in [0, 0.05) is 32.2 Å². The zero-order valence-electron chi connectivity index (χ0n) is 12.5. The highest BCUT2D eigenvalue weighted by Crippen LogP contribution is 2.13. The number of rotatable bonds is 4. The van der Waals surface area contributed by atoms with E-state index in [1.165, 1.54) is 5.56 Å². The van der Waals surface area contributed by atoms with Crippen molar-refractivity contribution in [1.29, 1.82) is 0 Å². The maximum Gasteiger partial charge on any atom is 0.236 e. The van der Waals surface area contributed by atoms with E-state index in [-0.39, 0.29) is 11.9 Å². The Kier molecular flexibility index (Phi) is 5.56. The molecule has 4 heteroatoms. The third-order valence-corrected chi connectivity index (χ3v) is 3.83. The highest BCUT2D eigenvalue weighted by Gasteiger charge is 2.24. The quantitative estimate of drug-likeness (QED) is 0.900. The number of amides is 1. The molecule has 1 amide bonds. The molecule has 0 aliphatic carbocycles. The van der Waals surface area contributed by atoms with Crippen LogP contribution in [0.3, 0.4) is 0 Å². The second-order valence-corrected chi connectivity index (χ2v) is 5.54. The average molecular weight is 275 g/mol. The molecule has 20 heavy (non-hydrogen) atoms. The van der Waals surface area contributed by atoms with Crippen molar-refractivity contribution in [2.45, 2.75) is 25.9 Å². The Morgan fingerprint density at radius 1 is 1.30 bits per heavy atom. The molecule has 0 radical (unpaired) electrons. The van der Waals surface area contributed by atoms with Gasteiger partial charge in [-0.3, -0.25) is 9.69 Å². The lowest BCUT2D eigenvalue weighted by atomic mass is 10.2. The maximum absolute atomic E-state index is 12.1. The van der Waals surface area contributed by atoms with Gasteiger partial charge < -0.3 is 10.2 Å². The average Bonchev–Trinajstić information content (AvgIpc) is 2.61. The van der Waals surface area contributed by atoms with Gasteiger partial charge in [-0.2, -0.15) is 0 Å². The summed E-state index contributed by atoms with van der Waals surface area (Å²) in [5.41, 5.74) is 1.34. The topological polar surface area (TPSA) is 35.6 Å². The molecular formula is C16H25N3O. The van der Waals surface area contributed by atoms with Gasteiger partial charge in [-0.25, -0.2) is 0 Å². The van der Waals surface area contributed by atoms with Crippen molar-refractivity contribution < 1.29 is 4.79 Å². The fraction of sp³-hybridized carbons (Fsp3) is 0.562. The molecule has 1 N–H and O–H groups in total. The molecule has 1 aliphatic rings. The summed E-state index contributed by atoms with van der Waals surface area (Å²) in [5.74, 6) is 0.210. The van der Waals surface area contributed by atoms with E-state index in [2.05, 4.69) is 41.4 Å². The monoisotopic (exact) mass is 275 g/mol. The standard InChI is InChI=1S/C16H25N3O/c1-14-12-18(13-15-7-4-3-5-8-15)9-6-10-19(14)16(20)11-17-2/h3-5,7-8,14,17H,6,9-13H2,1-2H3. The third kappa shape index (κ3) is 4.05. The fourth-order valence-corrected chi connectivity index (χ4v) is 2.86. The van der Waals surface area contributed by atoms with E-state index >= 15 is 0 Å².